The fourth-order valence-electron chi connectivity index (χ4n) is 5.42. The number of benzene rings is 1. The number of aryl methyl sites for hydroxylation is 1. The third-order valence-corrected chi connectivity index (χ3v) is 6.83. The van der Waals surface area contributed by atoms with Crippen LogP contribution >= 0.6 is 0 Å². The van der Waals surface area contributed by atoms with Gasteiger partial charge in [-0.25, -0.2) is 0 Å². The molecular formula is C22H32O3. The molecule has 3 unspecified atom stereocenters. The van der Waals surface area contributed by atoms with E-state index in [0.29, 0.717) is 11.8 Å². The zero-order valence-corrected chi connectivity index (χ0v) is 16.1. The molecule has 3 nitrogen and oxygen atoms in total. The van der Waals surface area contributed by atoms with E-state index in [1.807, 2.05) is 0 Å². The molecule has 0 aliphatic heterocycles. The van der Waals surface area contributed by atoms with Crippen LogP contribution in [0.4, 0.5) is 0 Å². The van der Waals surface area contributed by atoms with Gasteiger partial charge in [-0.05, 0) is 66.5 Å². The van der Waals surface area contributed by atoms with E-state index in [0.717, 1.165) is 32.1 Å². The van der Waals surface area contributed by atoms with Crippen molar-refractivity contribution < 1.29 is 14.6 Å². The first-order chi connectivity index (χ1) is 11.8. The summed E-state index contributed by atoms with van der Waals surface area (Å²) in [5, 5.41) is 9.00. The van der Waals surface area contributed by atoms with Crippen LogP contribution in [0.15, 0.2) is 18.2 Å². The number of aliphatic hydroxyl groups is 1. The Morgan fingerprint density at radius 3 is 2.76 bits per heavy atom. The minimum absolute atomic E-state index is 0.0360. The molecule has 25 heavy (non-hydrogen) atoms. The normalized spacial score (nSPS) is 31.4. The summed E-state index contributed by atoms with van der Waals surface area (Å²) in [6.45, 7) is 8.91. The van der Waals surface area contributed by atoms with Gasteiger partial charge in [0.05, 0.1) is 12.0 Å². The molecule has 1 saturated carbocycles. The SMILES string of the molecule is CC(C)c1ccc2c(c1)CCC1C(C)(C(=O)OCCO)CCCC21C. The van der Waals surface area contributed by atoms with Crippen LogP contribution in [0.5, 0.6) is 0 Å². The molecule has 0 heterocycles. The quantitative estimate of drug-likeness (QED) is 0.826. The minimum Gasteiger partial charge on any atom is -0.463 e. The number of ether oxygens (including phenoxy) is 1. The maximum absolute atomic E-state index is 12.8. The molecule has 0 radical (unpaired) electrons. The number of aliphatic hydroxyl groups excluding tert-OH is 1. The summed E-state index contributed by atoms with van der Waals surface area (Å²) in [7, 11) is 0. The van der Waals surface area contributed by atoms with E-state index in [-0.39, 0.29) is 24.6 Å². The van der Waals surface area contributed by atoms with Gasteiger partial charge in [0, 0.05) is 0 Å². The van der Waals surface area contributed by atoms with Crippen LogP contribution in [0.2, 0.25) is 0 Å². The largest absolute Gasteiger partial charge is 0.463 e. The Labute approximate surface area is 151 Å². The van der Waals surface area contributed by atoms with Gasteiger partial charge in [0.25, 0.3) is 0 Å². The first-order valence-electron chi connectivity index (χ1n) is 9.74. The van der Waals surface area contributed by atoms with Crippen LogP contribution < -0.4 is 0 Å². The highest BCUT2D eigenvalue weighted by Gasteiger charge is 2.55. The Balaban J connectivity index is 1.97. The maximum atomic E-state index is 12.8. The van der Waals surface area contributed by atoms with Crippen molar-refractivity contribution in [3.05, 3.63) is 34.9 Å². The minimum atomic E-state index is -0.448. The van der Waals surface area contributed by atoms with Crippen LogP contribution in [0, 0.1) is 11.3 Å². The molecule has 0 aromatic heterocycles. The van der Waals surface area contributed by atoms with Gasteiger partial charge in [-0.2, -0.15) is 0 Å². The molecule has 1 fully saturated rings. The van der Waals surface area contributed by atoms with Crippen molar-refractivity contribution in [2.24, 2.45) is 11.3 Å². The van der Waals surface area contributed by atoms with E-state index in [9.17, 15) is 4.79 Å². The smallest absolute Gasteiger partial charge is 0.312 e. The van der Waals surface area contributed by atoms with Crippen LogP contribution in [-0.4, -0.2) is 24.3 Å². The molecule has 3 atom stereocenters. The highest BCUT2D eigenvalue weighted by atomic mass is 16.5. The summed E-state index contributed by atoms with van der Waals surface area (Å²) in [6, 6.07) is 6.98. The summed E-state index contributed by atoms with van der Waals surface area (Å²) >= 11 is 0. The number of hydrogen-bond donors (Lipinski definition) is 1. The van der Waals surface area contributed by atoms with E-state index in [1.54, 1.807) is 0 Å². The second-order valence-electron chi connectivity index (χ2n) is 8.71. The van der Waals surface area contributed by atoms with Crippen molar-refractivity contribution in [2.75, 3.05) is 13.2 Å². The highest BCUT2D eigenvalue weighted by Crippen LogP contribution is 2.57. The Morgan fingerprint density at radius 1 is 1.32 bits per heavy atom. The van der Waals surface area contributed by atoms with Crippen LogP contribution in [0.25, 0.3) is 0 Å². The van der Waals surface area contributed by atoms with Crippen molar-refractivity contribution in [1.29, 1.82) is 0 Å². The molecule has 2 aliphatic carbocycles. The first kappa shape index (κ1) is 18.4. The second kappa shape index (κ2) is 6.75. The van der Waals surface area contributed by atoms with Crippen LogP contribution in [0.1, 0.15) is 76.0 Å². The monoisotopic (exact) mass is 344 g/mol. The molecule has 0 amide bonds. The summed E-state index contributed by atoms with van der Waals surface area (Å²) in [6.07, 6.45) is 5.14. The number of carbonyl (C=O) groups excluding carboxylic acids is 1. The Hall–Kier alpha value is -1.35. The van der Waals surface area contributed by atoms with Gasteiger partial charge < -0.3 is 9.84 Å². The molecule has 3 heteroatoms. The van der Waals surface area contributed by atoms with Gasteiger partial charge in [0.15, 0.2) is 0 Å². The standard InChI is InChI=1S/C22H32O3/c1-15(2)16-6-8-18-17(14-16)7-9-19-21(18,3)10-5-11-22(19,4)20(24)25-13-12-23/h6,8,14-15,19,23H,5,7,9-13H2,1-4H3. The molecule has 0 saturated heterocycles. The van der Waals surface area contributed by atoms with Gasteiger partial charge in [-0.15, -0.1) is 0 Å². The Morgan fingerprint density at radius 2 is 2.08 bits per heavy atom. The fourth-order valence-corrected chi connectivity index (χ4v) is 5.42. The zero-order chi connectivity index (χ0) is 18.2. The van der Waals surface area contributed by atoms with Gasteiger partial charge >= 0.3 is 5.97 Å². The third-order valence-electron chi connectivity index (χ3n) is 6.83. The molecule has 1 aromatic carbocycles. The average Bonchev–Trinajstić information content (AvgIpc) is 2.58. The number of rotatable bonds is 4. The fraction of sp³-hybridized carbons (Fsp3) is 0.682. The first-order valence-corrected chi connectivity index (χ1v) is 9.74. The van der Waals surface area contributed by atoms with Gasteiger partial charge in [-0.3, -0.25) is 4.79 Å². The predicted octanol–water partition coefficient (Wildman–Crippen LogP) is 4.36. The van der Waals surface area contributed by atoms with Crippen molar-refractivity contribution in [3.8, 4) is 0 Å². The molecule has 0 bridgehead atoms. The van der Waals surface area contributed by atoms with Crippen molar-refractivity contribution >= 4 is 5.97 Å². The van der Waals surface area contributed by atoms with Crippen LogP contribution in [-0.2, 0) is 21.4 Å². The molecular weight excluding hydrogens is 312 g/mol. The van der Waals surface area contributed by atoms with E-state index >= 15 is 0 Å². The van der Waals surface area contributed by atoms with Crippen molar-refractivity contribution in [1.82, 2.24) is 0 Å². The van der Waals surface area contributed by atoms with E-state index in [1.165, 1.54) is 16.7 Å². The second-order valence-corrected chi connectivity index (χ2v) is 8.71. The van der Waals surface area contributed by atoms with Crippen molar-refractivity contribution in [2.45, 2.75) is 71.1 Å². The molecule has 0 spiro atoms. The maximum Gasteiger partial charge on any atom is 0.312 e. The van der Waals surface area contributed by atoms with E-state index < -0.39 is 5.41 Å². The summed E-state index contributed by atoms with van der Waals surface area (Å²) in [4.78, 5) is 12.8. The molecule has 2 aliphatic rings. The lowest BCUT2D eigenvalue weighted by atomic mass is 9.49. The lowest BCUT2D eigenvalue weighted by Gasteiger charge is -2.54. The zero-order valence-electron chi connectivity index (χ0n) is 16.1. The highest BCUT2D eigenvalue weighted by molar-refractivity contribution is 5.77. The summed E-state index contributed by atoms with van der Waals surface area (Å²) in [5.41, 5.74) is 3.90. The van der Waals surface area contributed by atoms with Crippen molar-refractivity contribution in [3.63, 3.8) is 0 Å². The van der Waals surface area contributed by atoms with E-state index in [4.69, 9.17) is 9.84 Å². The van der Waals surface area contributed by atoms with Gasteiger partial charge in [0.1, 0.15) is 6.61 Å². The summed E-state index contributed by atoms with van der Waals surface area (Å²) in [5.74, 6) is 0.720. The Kier molecular flexibility index (Phi) is 4.98. The van der Waals surface area contributed by atoms with Gasteiger partial charge in [0.2, 0.25) is 0 Å². The predicted molar refractivity (Wildman–Crippen MR) is 99.7 cm³/mol. The lowest BCUT2D eigenvalue weighted by Crippen LogP contribution is -2.53. The van der Waals surface area contributed by atoms with E-state index in [2.05, 4.69) is 45.9 Å². The van der Waals surface area contributed by atoms with Crippen LogP contribution in [0.3, 0.4) is 0 Å². The third kappa shape index (κ3) is 3.01. The molecule has 1 N–H and O–H groups in total. The number of fused-ring (bicyclic) bond motifs is 3. The number of carbonyl (C=O) groups is 1. The average molecular weight is 344 g/mol. The molecule has 1 aromatic rings. The lowest BCUT2D eigenvalue weighted by molar-refractivity contribution is -0.165. The number of hydrogen-bond acceptors (Lipinski definition) is 3. The molecule has 3 rings (SSSR count). The Bertz CT molecular complexity index is 651. The van der Waals surface area contributed by atoms with Gasteiger partial charge in [-0.1, -0.05) is 45.4 Å². The number of esters is 1. The summed E-state index contributed by atoms with van der Waals surface area (Å²) < 4.78 is 5.38. The topological polar surface area (TPSA) is 46.5 Å². The molecule has 138 valence electrons.